The molecule has 0 aliphatic carbocycles. The zero-order valence-electron chi connectivity index (χ0n) is 14.7. The van der Waals surface area contributed by atoms with E-state index in [0.717, 1.165) is 5.56 Å². The molecular formula is C18H21ClFN3O3S. The monoisotopic (exact) mass is 413 g/mol. The first-order valence-electron chi connectivity index (χ1n) is 8.71. The second-order valence-corrected chi connectivity index (χ2v) is 9.42. The van der Waals surface area contributed by atoms with E-state index in [1.807, 2.05) is 18.2 Å². The quantitative estimate of drug-likeness (QED) is 0.756. The number of H-pyrrole nitrogens is 1. The molecule has 146 valence electrons. The van der Waals surface area contributed by atoms with Crippen LogP contribution in [0, 0.1) is 5.92 Å². The summed E-state index contributed by atoms with van der Waals surface area (Å²) in [6.45, 7) is -0.0929. The first-order chi connectivity index (χ1) is 12.9. The van der Waals surface area contributed by atoms with Crippen molar-refractivity contribution in [1.82, 2.24) is 15.1 Å². The number of aromatic nitrogens is 2. The van der Waals surface area contributed by atoms with E-state index >= 15 is 0 Å². The summed E-state index contributed by atoms with van der Waals surface area (Å²) in [6, 6.07) is 8.62. The first-order valence-corrected chi connectivity index (χ1v) is 10.9. The minimum atomic E-state index is -2.96. The number of carbonyl (C=O) groups excluding carboxylic acids is 1. The van der Waals surface area contributed by atoms with Crippen LogP contribution in [0.3, 0.4) is 0 Å². The molecule has 1 aromatic heterocycles. The van der Waals surface area contributed by atoms with Crippen molar-refractivity contribution < 1.29 is 17.6 Å². The number of sulfone groups is 1. The highest BCUT2D eigenvalue weighted by Crippen LogP contribution is 2.24. The molecule has 9 heteroatoms. The lowest BCUT2D eigenvalue weighted by atomic mass is 10.0. The lowest BCUT2D eigenvalue weighted by molar-refractivity contribution is 0.0728. The Labute approximate surface area is 162 Å². The maximum atomic E-state index is 12.9. The number of alkyl halides is 1. The fourth-order valence-corrected chi connectivity index (χ4v) is 5.34. The van der Waals surface area contributed by atoms with Gasteiger partial charge in [-0.15, -0.1) is 0 Å². The number of hydrogen-bond donors (Lipinski definition) is 1. The summed E-state index contributed by atoms with van der Waals surface area (Å²) in [5.41, 5.74) is 1.16. The van der Waals surface area contributed by atoms with Crippen molar-refractivity contribution >= 4 is 27.3 Å². The summed E-state index contributed by atoms with van der Waals surface area (Å²) in [5, 5.41) is 6.88. The number of rotatable bonds is 7. The van der Waals surface area contributed by atoms with Gasteiger partial charge < -0.3 is 4.90 Å². The Balaban J connectivity index is 1.75. The number of nitrogens with zero attached hydrogens (tertiary/aromatic N) is 2. The lowest BCUT2D eigenvalue weighted by Gasteiger charge is -2.24. The minimum Gasteiger partial charge on any atom is -0.333 e. The number of hydrogen-bond acceptors (Lipinski definition) is 4. The van der Waals surface area contributed by atoms with Crippen LogP contribution in [-0.4, -0.2) is 47.5 Å². The zero-order chi connectivity index (χ0) is 19.4. The van der Waals surface area contributed by atoms with Crippen LogP contribution in [0.1, 0.15) is 34.6 Å². The third-order valence-electron chi connectivity index (χ3n) is 4.74. The SMILES string of the molecule is O=C(c1cc(CF)n[nH]1)N(CCC1CCS(=O)(=O)C1)Cc1ccccc1Cl. The van der Waals surface area contributed by atoms with E-state index in [0.29, 0.717) is 24.4 Å². The minimum absolute atomic E-state index is 0.0414. The number of aromatic amines is 1. The van der Waals surface area contributed by atoms with E-state index in [1.165, 1.54) is 6.07 Å². The molecule has 2 aromatic rings. The largest absolute Gasteiger partial charge is 0.333 e. The number of halogens is 2. The second-order valence-electron chi connectivity index (χ2n) is 6.78. The van der Waals surface area contributed by atoms with Gasteiger partial charge in [-0.2, -0.15) is 5.10 Å². The Hall–Kier alpha value is -1.93. The highest BCUT2D eigenvalue weighted by molar-refractivity contribution is 7.91. The molecule has 0 spiro atoms. The lowest BCUT2D eigenvalue weighted by Crippen LogP contribution is -2.33. The van der Waals surface area contributed by atoms with Crippen LogP contribution < -0.4 is 0 Å². The molecule has 3 rings (SSSR count). The second kappa shape index (κ2) is 8.39. The fraction of sp³-hybridized carbons (Fsp3) is 0.444. The summed E-state index contributed by atoms with van der Waals surface area (Å²) >= 11 is 6.22. The Morgan fingerprint density at radius 2 is 2.15 bits per heavy atom. The third kappa shape index (κ3) is 5.07. The molecular weight excluding hydrogens is 393 g/mol. The van der Waals surface area contributed by atoms with Crippen LogP contribution in [0.2, 0.25) is 5.02 Å². The maximum Gasteiger partial charge on any atom is 0.272 e. The van der Waals surface area contributed by atoms with Crippen LogP contribution in [0.15, 0.2) is 30.3 Å². The van der Waals surface area contributed by atoms with Crippen molar-refractivity contribution in [3.63, 3.8) is 0 Å². The van der Waals surface area contributed by atoms with Gasteiger partial charge in [0.25, 0.3) is 5.91 Å². The number of carbonyl (C=O) groups is 1. The van der Waals surface area contributed by atoms with Gasteiger partial charge in [-0.3, -0.25) is 9.89 Å². The van der Waals surface area contributed by atoms with Gasteiger partial charge in [0.05, 0.1) is 17.2 Å². The number of nitrogens with one attached hydrogen (secondary N) is 1. The predicted octanol–water partition coefficient (Wildman–Crippen LogP) is 3.00. The summed E-state index contributed by atoms with van der Waals surface area (Å²) < 4.78 is 36.1. The standard InChI is InChI=1S/C18H21ClFN3O3S/c19-16-4-2-1-3-14(16)11-23(7-5-13-6-8-27(25,26)12-13)18(24)17-9-15(10-20)21-22-17/h1-4,9,13H,5-8,10-12H2,(H,21,22). The molecule has 0 bridgehead atoms. The molecule has 6 nitrogen and oxygen atoms in total. The predicted molar refractivity (Wildman–Crippen MR) is 101 cm³/mol. The van der Waals surface area contributed by atoms with Crippen molar-refractivity contribution in [3.05, 3.63) is 52.3 Å². The number of benzene rings is 1. The number of amides is 1. The fourth-order valence-electron chi connectivity index (χ4n) is 3.23. The van der Waals surface area contributed by atoms with E-state index in [9.17, 15) is 17.6 Å². The topological polar surface area (TPSA) is 83.1 Å². The van der Waals surface area contributed by atoms with Crippen LogP contribution in [0.25, 0.3) is 0 Å². The third-order valence-corrected chi connectivity index (χ3v) is 6.94. The van der Waals surface area contributed by atoms with Crippen molar-refractivity contribution in [3.8, 4) is 0 Å². The van der Waals surface area contributed by atoms with E-state index in [-0.39, 0.29) is 41.3 Å². The molecule has 2 heterocycles. The van der Waals surface area contributed by atoms with Gasteiger partial charge in [-0.1, -0.05) is 29.8 Å². The first kappa shape index (κ1) is 19.8. The molecule has 1 fully saturated rings. The van der Waals surface area contributed by atoms with Crippen LogP contribution >= 0.6 is 11.6 Å². The molecule has 1 aliphatic rings. The van der Waals surface area contributed by atoms with Crippen LogP contribution in [0.5, 0.6) is 0 Å². The molecule has 1 saturated heterocycles. The highest BCUT2D eigenvalue weighted by atomic mass is 35.5. The van der Waals surface area contributed by atoms with Crippen LogP contribution in [-0.2, 0) is 23.1 Å². The van der Waals surface area contributed by atoms with Crippen molar-refractivity contribution in [2.24, 2.45) is 5.92 Å². The van der Waals surface area contributed by atoms with Gasteiger partial charge in [0.15, 0.2) is 9.84 Å². The summed E-state index contributed by atoms with van der Waals surface area (Å²) in [4.78, 5) is 14.5. The summed E-state index contributed by atoms with van der Waals surface area (Å²) in [6.07, 6.45) is 1.20. The van der Waals surface area contributed by atoms with Gasteiger partial charge in [-0.25, -0.2) is 12.8 Å². The Bertz CT molecular complexity index is 916. The van der Waals surface area contributed by atoms with Gasteiger partial charge in [0, 0.05) is 18.1 Å². The zero-order valence-corrected chi connectivity index (χ0v) is 16.3. The van der Waals surface area contributed by atoms with Crippen molar-refractivity contribution in [1.29, 1.82) is 0 Å². The van der Waals surface area contributed by atoms with E-state index in [4.69, 9.17) is 11.6 Å². The molecule has 0 radical (unpaired) electrons. The Morgan fingerprint density at radius 1 is 1.37 bits per heavy atom. The maximum absolute atomic E-state index is 12.9. The smallest absolute Gasteiger partial charge is 0.272 e. The molecule has 27 heavy (non-hydrogen) atoms. The van der Waals surface area contributed by atoms with Crippen molar-refractivity contribution in [2.75, 3.05) is 18.1 Å². The summed E-state index contributed by atoms with van der Waals surface area (Å²) in [5.74, 6) is 0.0935. The van der Waals surface area contributed by atoms with Crippen LogP contribution in [0.4, 0.5) is 4.39 Å². The van der Waals surface area contributed by atoms with E-state index in [1.54, 1.807) is 11.0 Å². The van der Waals surface area contributed by atoms with E-state index < -0.39 is 16.5 Å². The molecule has 1 N–H and O–H groups in total. The average Bonchev–Trinajstić information content (AvgIpc) is 3.25. The van der Waals surface area contributed by atoms with Gasteiger partial charge in [-0.05, 0) is 36.5 Å². The molecule has 1 aromatic carbocycles. The molecule has 1 unspecified atom stereocenters. The van der Waals surface area contributed by atoms with Gasteiger partial charge in [0.1, 0.15) is 12.4 Å². The highest BCUT2D eigenvalue weighted by Gasteiger charge is 2.29. The average molecular weight is 414 g/mol. The molecule has 0 saturated carbocycles. The molecule has 1 aliphatic heterocycles. The van der Waals surface area contributed by atoms with Crippen molar-refractivity contribution in [2.45, 2.75) is 26.1 Å². The van der Waals surface area contributed by atoms with E-state index in [2.05, 4.69) is 10.2 Å². The van der Waals surface area contributed by atoms with Gasteiger partial charge in [0.2, 0.25) is 0 Å². The van der Waals surface area contributed by atoms with Gasteiger partial charge >= 0.3 is 0 Å². The Morgan fingerprint density at radius 3 is 2.78 bits per heavy atom. The molecule has 1 amide bonds. The normalized spacial score (nSPS) is 18.5. The summed E-state index contributed by atoms with van der Waals surface area (Å²) in [7, 11) is -2.96. The molecule has 1 atom stereocenters. The Kier molecular flexibility index (Phi) is 6.16.